The van der Waals surface area contributed by atoms with Gasteiger partial charge in [-0.15, -0.1) is 0 Å². The number of aromatic nitrogens is 1. The molecule has 0 saturated heterocycles. The van der Waals surface area contributed by atoms with Crippen LogP contribution in [0.25, 0.3) is 0 Å². The molecule has 1 heterocycles. The number of nitrogens with two attached hydrogens (primary N) is 1. The molecular formula is C15H20N2O. The summed E-state index contributed by atoms with van der Waals surface area (Å²) in [5.74, 6) is 0.897. The first kappa shape index (κ1) is 12.7. The van der Waals surface area contributed by atoms with Crippen molar-refractivity contribution in [3.05, 3.63) is 53.9 Å². The molecule has 0 amide bonds. The summed E-state index contributed by atoms with van der Waals surface area (Å²) >= 11 is 0. The zero-order chi connectivity index (χ0) is 13.0. The van der Waals surface area contributed by atoms with Crippen LogP contribution in [0.15, 0.2) is 42.6 Å². The average molecular weight is 244 g/mol. The van der Waals surface area contributed by atoms with E-state index in [1.807, 2.05) is 19.1 Å². The molecule has 1 aromatic carbocycles. The van der Waals surface area contributed by atoms with E-state index in [4.69, 9.17) is 10.5 Å². The van der Waals surface area contributed by atoms with Crippen molar-refractivity contribution in [3.8, 4) is 5.75 Å². The molecule has 0 aliphatic carbocycles. The van der Waals surface area contributed by atoms with Crippen LogP contribution < -0.4 is 10.5 Å². The minimum atomic E-state index is 0.184. The summed E-state index contributed by atoms with van der Waals surface area (Å²) in [6.07, 6.45) is 2.99. The second-order valence-electron chi connectivity index (χ2n) is 4.66. The largest absolute Gasteiger partial charge is 0.497 e. The predicted octanol–water partition coefficient (Wildman–Crippen LogP) is 2.43. The van der Waals surface area contributed by atoms with Gasteiger partial charge < -0.3 is 15.0 Å². The van der Waals surface area contributed by atoms with Crippen LogP contribution in [-0.4, -0.2) is 17.7 Å². The van der Waals surface area contributed by atoms with Crippen LogP contribution in [0.3, 0.4) is 0 Å². The lowest BCUT2D eigenvalue weighted by atomic mass is 10.2. The molecule has 1 aromatic heterocycles. The zero-order valence-corrected chi connectivity index (χ0v) is 11.0. The molecule has 0 saturated carbocycles. The van der Waals surface area contributed by atoms with E-state index in [2.05, 4.69) is 35.0 Å². The van der Waals surface area contributed by atoms with Crippen molar-refractivity contribution >= 4 is 0 Å². The first-order valence-corrected chi connectivity index (χ1v) is 6.21. The van der Waals surface area contributed by atoms with Gasteiger partial charge in [0.05, 0.1) is 7.11 Å². The number of rotatable bonds is 5. The minimum Gasteiger partial charge on any atom is -0.497 e. The maximum Gasteiger partial charge on any atom is 0.119 e. The van der Waals surface area contributed by atoms with Crippen molar-refractivity contribution in [1.29, 1.82) is 0 Å². The third-order valence-electron chi connectivity index (χ3n) is 2.94. The Hall–Kier alpha value is -1.74. The fraction of sp³-hybridized carbons (Fsp3) is 0.333. The number of methoxy groups -OCH3 is 1. The summed E-state index contributed by atoms with van der Waals surface area (Å²) in [6, 6.07) is 12.5. The highest BCUT2D eigenvalue weighted by molar-refractivity contribution is 5.29. The molecular weight excluding hydrogens is 224 g/mol. The number of hydrogen-bond acceptors (Lipinski definition) is 2. The highest BCUT2D eigenvalue weighted by Gasteiger charge is 2.05. The predicted molar refractivity (Wildman–Crippen MR) is 73.9 cm³/mol. The van der Waals surface area contributed by atoms with Crippen molar-refractivity contribution in [2.24, 2.45) is 5.73 Å². The van der Waals surface area contributed by atoms with Crippen LogP contribution >= 0.6 is 0 Å². The fourth-order valence-electron chi connectivity index (χ4n) is 2.09. The van der Waals surface area contributed by atoms with Gasteiger partial charge in [-0.05, 0) is 36.8 Å². The molecule has 0 spiro atoms. The molecule has 0 radical (unpaired) electrons. The van der Waals surface area contributed by atoms with Gasteiger partial charge in [0, 0.05) is 30.9 Å². The van der Waals surface area contributed by atoms with E-state index in [9.17, 15) is 0 Å². The molecule has 2 N–H and O–H groups in total. The normalized spacial score (nSPS) is 12.4. The summed E-state index contributed by atoms with van der Waals surface area (Å²) in [6.45, 7) is 2.88. The number of hydrogen-bond donors (Lipinski definition) is 1. The van der Waals surface area contributed by atoms with Crippen LogP contribution in [0.5, 0.6) is 5.75 Å². The quantitative estimate of drug-likeness (QED) is 0.877. The van der Waals surface area contributed by atoms with Gasteiger partial charge in [-0.2, -0.15) is 0 Å². The van der Waals surface area contributed by atoms with Gasteiger partial charge in [0.2, 0.25) is 0 Å². The number of benzene rings is 1. The average Bonchev–Trinajstić information content (AvgIpc) is 2.76. The Morgan fingerprint density at radius 3 is 2.83 bits per heavy atom. The van der Waals surface area contributed by atoms with Gasteiger partial charge >= 0.3 is 0 Å². The highest BCUT2D eigenvalue weighted by atomic mass is 16.5. The molecule has 96 valence electrons. The van der Waals surface area contributed by atoms with Gasteiger partial charge in [-0.1, -0.05) is 12.1 Å². The van der Waals surface area contributed by atoms with Crippen LogP contribution in [0.1, 0.15) is 18.2 Å². The van der Waals surface area contributed by atoms with E-state index in [-0.39, 0.29) is 6.04 Å². The first-order valence-electron chi connectivity index (χ1n) is 6.21. The molecule has 3 nitrogen and oxygen atoms in total. The molecule has 2 rings (SSSR count). The summed E-state index contributed by atoms with van der Waals surface area (Å²) in [4.78, 5) is 0. The zero-order valence-electron chi connectivity index (χ0n) is 11.0. The van der Waals surface area contributed by atoms with E-state index in [1.165, 1.54) is 11.3 Å². The SMILES string of the molecule is COc1cccc(Cn2cccc2CC(C)N)c1. The summed E-state index contributed by atoms with van der Waals surface area (Å²) in [5.41, 5.74) is 8.36. The summed E-state index contributed by atoms with van der Waals surface area (Å²) in [7, 11) is 1.69. The Morgan fingerprint density at radius 1 is 1.28 bits per heavy atom. The van der Waals surface area contributed by atoms with Gasteiger partial charge in [-0.25, -0.2) is 0 Å². The summed E-state index contributed by atoms with van der Waals surface area (Å²) < 4.78 is 7.47. The smallest absolute Gasteiger partial charge is 0.119 e. The van der Waals surface area contributed by atoms with Crippen molar-refractivity contribution in [2.75, 3.05) is 7.11 Å². The van der Waals surface area contributed by atoms with Crippen LogP contribution in [0.4, 0.5) is 0 Å². The lowest BCUT2D eigenvalue weighted by Crippen LogP contribution is -2.20. The van der Waals surface area contributed by atoms with Crippen molar-refractivity contribution in [2.45, 2.75) is 25.9 Å². The monoisotopic (exact) mass is 244 g/mol. The lowest BCUT2D eigenvalue weighted by molar-refractivity contribution is 0.414. The van der Waals surface area contributed by atoms with E-state index in [1.54, 1.807) is 7.11 Å². The van der Waals surface area contributed by atoms with Gasteiger partial charge in [0.15, 0.2) is 0 Å². The van der Waals surface area contributed by atoms with Gasteiger partial charge in [0.1, 0.15) is 5.75 Å². The molecule has 1 atom stereocenters. The molecule has 0 fully saturated rings. The minimum absolute atomic E-state index is 0.184. The van der Waals surface area contributed by atoms with Crippen molar-refractivity contribution < 1.29 is 4.74 Å². The molecule has 2 aromatic rings. The summed E-state index contributed by atoms with van der Waals surface area (Å²) in [5, 5.41) is 0. The number of ether oxygens (including phenoxy) is 1. The lowest BCUT2D eigenvalue weighted by Gasteiger charge is -2.12. The molecule has 0 aliphatic heterocycles. The third-order valence-corrected chi connectivity index (χ3v) is 2.94. The van der Waals surface area contributed by atoms with Crippen LogP contribution in [0.2, 0.25) is 0 Å². The number of nitrogens with zero attached hydrogens (tertiary/aromatic N) is 1. The maximum atomic E-state index is 5.86. The fourth-order valence-corrected chi connectivity index (χ4v) is 2.09. The van der Waals surface area contributed by atoms with E-state index in [0.29, 0.717) is 0 Å². The Balaban J connectivity index is 2.15. The van der Waals surface area contributed by atoms with E-state index in [0.717, 1.165) is 18.7 Å². The van der Waals surface area contributed by atoms with Crippen LogP contribution in [0, 0.1) is 0 Å². The Labute approximate surface area is 108 Å². The first-order chi connectivity index (χ1) is 8.69. The topological polar surface area (TPSA) is 40.2 Å². The Morgan fingerprint density at radius 2 is 2.11 bits per heavy atom. The highest BCUT2D eigenvalue weighted by Crippen LogP contribution is 2.15. The Kier molecular flexibility index (Phi) is 4.05. The molecule has 1 unspecified atom stereocenters. The second-order valence-corrected chi connectivity index (χ2v) is 4.66. The molecule has 3 heteroatoms. The van der Waals surface area contributed by atoms with E-state index >= 15 is 0 Å². The second kappa shape index (κ2) is 5.74. The maximum absolute atomic E-state index is 5.86. The van der Waals surface area contributed by atoms with Gasteiger partial charge in [0.25, 0.3) is 0 Å². The van der Waals surface area contributed by atoms with Crippen LogP contribution in [-0.2, 0) is 13.0 Å². The van der Waals surface area contributed by atoms with Gasteiger partial charge in [-0.3, -0.25) is 0 Å². The molecule has 0 bridgehead atoms. The van der Waals surface area contributed by atoms with E-state index < -0.39 is 0 Å². The van der Waals surface area contributed by atoms with Crippen molar-refractivity contribution in [3.63, 3.8) is 0 Å². The van der Waals surface area contributed by atoms with Crippen molar-refractivity contribution in [1.82, 2.24) is 4.57 Å². The standard InChI is InChI=1S/C15H20N2O/c1-12(16)9-14-6-4-8-17(14)11-13-5-3-7-15(10-13)18-2/h3-8,10,12H,9,11,16H2,1-2H3. The molecule has 18 heavy (non-hydrogen) atoms. The Bertz CT molecular complexity index is 503. The molecule has 0 aliphatic rings. The third kappa shape index (κ3) is 3.14.